The summed E-state index contributed by atoms with van der Waals surface area (Å²) in [6.45, 7) is 1.48. The van der Waals surface area contributed by atoms with Crippen molar-refractivity contribution in [3.8, 4) is 0 Å². The van der Waals surface area contributed by atoms with Crippen molar-refractivity contribution in [2.24, 2.45) is 11.0 Å². The van der Waals surface area contributed by atoms with E-state index >= 15 is 0 Å². The summed E-state index contributed by atoms with van der Waals surface area (Å²) in [6.07, 6.45) is 1.34. The zero-order valence-electron chi connectivity index (χ0n) is 9.99. The van der Waals surface area contributed by atoms with E-state index in [1.807, 2.05) is 18.2 Å². The lowest BCUT2D eigenvalue weighted by atomic mass is 9.99. The summed E-state index contributed by atoms with van der Waals surface area (Å²) >= 11 is 0. The summed E-state index contributed by atoms with van der Waals surface area (Å²) in [4.78, 5) is 22.3. The molecule has 5 heteroatoms. The van der Waals surface area contributed by atoms with E-state index in [2.05, 4.69) is 15.8 Å². The Morgan fingerprint density at radius 2 is 2.28 bits per heavy atom. The number of nitrogens with one attached hydrogen (secondary N) is 2. The Morgan fingerprint density at radius 1 is 1.44 bits per heavy atom. The molecule has 2 N–H and O–H groups in total. The molecule has 0 radical (unpaired) electrons. The van der Waals surface area contributed by atoms with E-state index in [0.29, 0.717) is 6.42 Å². The van der Waals surface area contributed by atoms with Crippen molar-refractivity contribution in [1.82, 2.24) is 5.43 Å². The number of anilines is 1. The molecule has 2 aliphatic rings. The quantitative estimate of drug-likeness (QED) is 0.773. The SMILES string of the molecule is CC(=O)Nc1ccc2c(c1)C1=NNC(=O)CC1C2. The maximum absolute atomic E-state index is 11.3. The van der Waals surface area contributed by atoms with Crippen LogP contribution in [0.15, 0.2) is 23.3 Å². The number of hydrogen-bond donors (Lipinski definition) is 2. The fourth-order valence-electron chi connectivity index (χ4n) is 2.57. The van der Waals surface area contributed by atoms with Gasteiger partial charge in [0.05, 0.1) is 5.71 Å². The first-order valence-electron chi connectivity index (χ1n) is 5.91. The first-order valence-corrected chi connectivity index (χ1v) is 5.91. The number of hydrogen-bond acceptors (Lipinski definition) is 3. The number of benzene rings is 1. The zero-order valence-corrected chi connectivity index (χ0v) is 9.99. The molecule has 3 rings (SSSR count). The highest BCUT2D eigenvalue weighted by molar-refractivity contribution is 6.10. The molecule has 1 atom stereocenters. The van der Waals surface area contributed by atoms with Crippen molar-refractivity contribution in [1.29, 1.82) is 0 Å². The van der Waals surface area contributed by atoms with Crippen LogP contribution in [0.3, 0.4) is 0 Å². The smallest absolute Gasteiger partial charge is 0.240 e. The van der Waals surface area contributed by atoms with Gasteiger partial charge in [-0.3, -0.25) is 9.59 Å². The molecule has 2 amide bonds. The summed E-state index contributed by atoms with van der Waals surface area (Å²) in [5.41, 5.74) is 6.43. The fourth-order valence-corrected chi connectivity index (χ4v) is 2.57. The average molecular weight is 243 g/mol. The molecule has 1 aliphatic heterocycles. The van der Waals surface area contributed by atoms with Crippen LogP contribution in [-0.4, -0.2) is 17.5 Å². The van der Waals surface area contributed by atoms with E-state index in [0.717, 1.165) is 23.4 Å². The van der Waals surface area contributed by atoms with E-state index in [1.165, 1.54) is 12.5 Å². The third-order valence-electron chi connectivity index (χ3n) is 3.29. The molecule has 0 aromatic heterocycles. The number of fused-ring (bicyclic) bond motifs is 3. The van der Waals surface area contributed by atoms with Crippen LogP contribution in [0.2, 0.25) is 0 Å². The number of nitrogens with zero attached hydrogens (tertiary/aromatic N) is 1. The molecule has 5 nitrogen and oxygen atoms in total. The molecule has 1 aromatic carbocycles. The van der Waals surface area contributed by atoms with Crippen molar-refractivity contribution >= 4 is 23.2 Å². The highest BCUT2D eigenvalue weighted by atomic mass is 16.2. The van der Waals surface area contributed by atoms with E-state index in [9.17, 15) is 9.59 Å². The second-order valence-corrected chi connectivity index (χ2v) is 4.69. The number of carbonyl (C=O) groups is 2. The largest absolute Gasteiger partial charge is 0.326 e. The van der Waals surface area contributed by atoms with Crippen molar-refractivity contribution in [2.45, 2.75) is 19.8 Å². The van der Waals surface area contributed by atoms with E-state index in [4.69, 9.17) is 0 Å². The molecule has 1 unspecified atom stereocenters. The summed E-state index contributed by atoms with van der Waals surface area (Å²) in [7, 11) is 0. The molecule has 1 heterocycles. The van der Waals surface area contributed by atoms with Crippen LogP contribution in [0.4, 0.5) is 5.69 Å². The predicted molar refractivity (Wildman–Crippen MR) is 67.2 cm³/mol. The monoisotopic (exact) mass is 243 g/mol. The third kappa shape index (κ3) is 1.77. The lowest BCUT2D eigenvalue weighted by Gasteiger charge is -2.15. The Morgan fingerprint density at radius 3 is 3.06 bits per heavy atom. The van der Waals surface area contributed by atoms with Gasteiger partial charge in [-0.15, -0.1) is 0 Å². The molecule has 0 saturated carbocycles. The van der Waals surface area contributed by atoms with E-state index < -0.39 is 0 Å². The Hall–Kier alpha value is -2.17. The minimum atomic E-state index is -0.0941. The molecule has 0 spiro atoms. The van der Waals surface area contributed by atoms with Crippen molar-refractivity contribution in [3.05, 3.63) is 29.3 Å². The Bertz CT molecular complexity index is 578. The van der Waals surface area contributed by atoms with Gasteiger partial charge in [0.25, 0.3) is 0 Å². The van der Waals surface area contributed by atoms with Gasteiger partial charge >= 0.3 is 0 Å². The normalized spacial score (nSPS) is 20.6. The van der Waals surface area contributed by atoms with Gasteiger partial charge in [-0.25, -0.2) is 5.43 Å². The molecule has 0 bridgehead atoms. The number of carbonyl (C=O) groups excluding carboxylic acids is 2. The van der Waals surface area contributed by atoms with Gasteiger partial charge in [0.2, 0.25) is 11.8 Å². The van der Waals surface area contributed by atoms with Crippen molar-refractivity contribution in [2.75, 3.05) is 5.32 Å². The van der Waals surface area contributed by atoms with Crippen LogP contribution >= 0.6 is 0 Å². The van der Waals surface area contributed by atoms with Crippen LogP contribution in [0.25, 0.3) is 0 Å². The first kappa shape index (κ1) is 11.0. The Kier molecular flexibility index (Phi) is 2.40. The summed E-state index contributed by atoms with van der Waals surface area (Å²) in [5, 5.41) is 6.90. The van der Waals surface area contributed by atoms with Crippen LogP contribution in [-0.2, 0) is 16.0 Å². The van der Waals surface area contributed by atoms with Gasteiger partial charge in [-0.1, -0.05) is 6.07 Å². The van der Waals surface area contributed by atoms with Crippen LogP contribution < -0.4 is 10.7 Å². The molecule has 18 heavy (non-hydrogen) atoms. The Balaban J connectivity index is 1.98. The van der Waals surface area contributed by atoms with E-state index in [-0.39, 0.29) is 17.7 Å². The highest BCUT2D eigenvalue weighted by Crippen LogP contribution is 2.32. The second-order valence-electron chi connectivity index (χ2n) is 4.69. The minimum Gasteiger partial charge on any atom is -0.326 e. The van der Waals surface area contributed by atoms with Crippen LogP contribution in [0.1, 0.15) is 24.5 Å². The van der Waals surface area contributed by atoms with E-state index in [1.54, 1.807) is 0 Å². The van der Waals surface area contributed by atoms with Crippen LogP contribution in [0, 0.1) is 5.92 Å². The van der Waals surface area contributed by atoms with Gasteiger partial charge in [0.15, 0.2) is 0 Å². The number of rotatable bonds is 1. The Labute approximate surface area is 104 Å². The molecule has 0 saturated heterocycles. The molecule has 0 fully saturated rings. The van der Waals surface area contributed by atoms with Gasteiger partial charge in [0.1, 0.15) is 0 Å². The number of amides is 2. The molecule has 92 valence electrons. The molecular weight excluding hydrogens is 230 g/mol. The lowest BCUT2D eigenvalue weighted by Crippen LogP contribution is -2.31. The molecular formula is C13H13N3O2. The maximum atomic E-state index is 11.3. The van der Waals surface area contributed by atoms with Crippen molar-refractivity contribution in [3.63, 3.8) is 0 Å². The zero-order chi connectivity index (χ0) is 12.7. The number of hydrazone groups is 1. The highest BCUT2D eigenvalue weighted by Gasteiger charge is 2.33. The maximum Gasteiger partial charge on any atom is 0.240 e. The second kappa shape index (κ2) is 3.94. The summed E-state index contributed by atoms with van der Waals surface area (Å²) in [5.74, 6) is 0.0587. The first-order chi connectivity index (χ1) is 8.63. The van der Waals surface area contributed by atoms with Crippen molar-refractivity contribution < 1.29 is 9.59 Å². The minimum absolute atomic E-state index is 0.0290. The van der Waals surface area contributed by atoms with Gasteiger partial charge in [-0.05, 0) is 24.1 Å². The predicted octanol–water partition coefficient (Wildman–Crippen LogP) is 1.04. The van der Waals surface area contributed by atoms with Crippen LogP contribution in [0.5, 0.6) is 0 Å². The third-order valence-corrected chi connectivity index (χ3v) is 3.29. The lowest BCUT2D eigenvalue weighted by molar-refractivity contribution is -0.122. The molecule has 1 aliphatic carbocycles. The summed E-state index contributed by atoms with van der Waals surface area (Å²) < 4.78 is 0. The summed E-state index contributed by atoms with van der Waals surface area (Å²) in [6, 6.07) is 5.80. The standard InChI is InChI=1S/C13H13N3O2/c1-7(17)14-10-3-2-8-4-9-5-12(18)15-16-13(9)11(8)6-10/h2-3,6,9H,4-5H2,1H3,(H,14,17)(H,15,18). The fraction of sp³-hybridized carbons (Fsp3) is 0.308. The average Bonchev–Trinajstić information content (AvgIpc) is 2.65. The molecule has 1 aromatic rings. The van der Waals surface area contributed by atoms with Gasteiger partial charge in [-0.2, -0.15) is 5.10 Å². The van der Waals surface area contributed by atoms with Gasteiger partial charge < -0.3 is 5.32 Å². The van der Waals surface area contributed by atoms with Gasteiger partial charge in [0, 0.05) is 30.5 Å². The topological polar surface area (TPSA) is 70.6 Å².